The maximum Gasteiger partial charge on any atom is 0.139 e. The summed E-state index contributed by atoms with van der Waals surface area (Å²) in [4.78, 5) is 8.91. The second-order valence-corrected chi connectivity index (χ2v) is 5.03. The van der Waals surface area contributed by atoms with Gasteiger partial charge in [0.15, 0.2) is 0 Å². The highest BCUT2D eigenvalue weighted by atomic mass is 15.1. The highest BCUT2D eigenvalue weighted by Crippen LogP contribution is 2.39. The molecule has 3 rings (SSSR count). The van der Waals surface area contributed by atoms with Gasteiger partial charge in [-0.05, 0) is 44.0 Å². The molecule has 100 valence electrons. The first kappa shape index (κ1) is 12.4. The van der Waals surface area contributed by atoms with E-state index in [0.717, 1.165) is 35.7 Å². The molecule has 20 heavy (non-hydrogen) atoms. The zero-order valence-corrected chi connectivity index (χ0v) is 11.2. The number of anilines is 3. The molecule has 5 nitrogen and oxygen atoms in total. The minimum absolute atomic E-state index is 0.458. The monoisotopic (exact) mass is 265 g/mol. The van der Waals surface area contributed by atoms with E-state index in [1.165, 1.54) is 0 Å². The van der Waals surface area contributed by atoms with E-state index in [0.29, 0.717) is 17.3 Å². The van der Waals surface area contributed by atoms with Crippen LogP contribution in [0.15, 0.2) is 24.3 Å². The van der Waals surface area contributed by atoms with Crippen molar-refractivity contribution in [2.45, 2.75) is 25.7 Å². The van der Waals surface area contributed by atoms with Crippen LogP contribution in [0.25, 0.3) is 0 Å². The Morgan fingerprint density at radius 1 is 1.25 bits per heavy atom. The highest BCUT2D eigenvalue weighted by molar-refractivity contribution is 5.64. The van der Waals surface area contributed by atoms with Gasteiger partial charge >= 0.3 is 0 Å². The average molecular weight is 265 g/mol. The van der Waals surface area contributed by atoms with Crippen LogP contribution < -0.4 is 11.1 Å². The minimum atomic E-state index is 0.458. The van der Waals surface area contributed by atoms with E-state index < -0.39 is 0 Å². The molecule has 0 atom stereocenters. The summed E-state index contributed by atoms with van der Waals surface area (Å²) in [5.41, 5.74) is 8.31. The van der Waals surface area contributed by atoms with Gasteiger partial charge < -0.3 is 11.1 Å². The first-order valence-corrected chi connectivity index (χ1v) is 6.58. The SMILES string of the molecule is Cc1c(N)nc(C2CC2)nc1Nc1ccc(C#N)cc1. The topological polar surface area (TPSA) is 87.6 Å². The molecule has 1 aliphatic rings. The number of nitrogens with one attached hydrogen (secondary N) is 1. The summed E-state index contributed by atoms with van der Waals surface area (Å²) in [5, 5.41) is 12.0. The van der Waals surface area contributed by atoms with Crippen molar-refractivity contribution in [3.63, 3.8) is 0 Å². The largest absolute Gasteiger partial charge is 0.383 e. The van der Waals surface area contributed by atoms with Crippen LogP contribution in [-0.2, 0) is 0 Å². The number of nitriles is 1. The predicted molar refractivity (Wildman–Crippen MR) is 77.6 cm³/mol. The van der Waals surface area contributed by atoms with Crippen molar-refractivity contribution >= 4 is 17.3 Å². The zero-order valence-electron chi connectivity index (χ0n) is 11.2. The third-order valence-corrected chi connectivity index (χ3v) is 3.42. The molecule has 1 aromatic heterocycles. The van der Waals surface area contributed by atoms with Gasteiger partial charge in [0.05, 0.1) is 11.6 Å². The van der Waals surface area contributed by atoms with Crippen molar-refractivity contribution in [3.05, 3.63) is 41.2 Å². The number of aromatic nitrogens is 2. The molecule has 1 saturated carbocycles. The number of nitrogens with two attached hydrogens (primary N) is 1. The molecular weight excluding hydrogens is 250 g/mol. The summed E-state index contributed by atoms with van der Waals surface area (Å²) in [6.07, 6.45) is 2.28. The van der Waals surface area contributed by atoms with Gasteiger partial charge in [-0.25, -0.2) is 9.97 Å². The van der Waals surface area contributed by atoms with Gasteiger partial charge in [-0.2, -0.15) is 5.26 Å². The molecule has 1 heterocycles. The highest BCUT2D eigenvalue weighted by Gasteiger charge is 2.27. The summed E-state index contributed by atoms with van der Waals surface area (Å²) >= 11 is 0. The van der Waals surface area contributed by atoms with Crippen molar-refractivity contribution in [2.24, 2.45) is 0 Å². The van der Waals surface area contributed by atoms with Crippen molar-refractivity contribution < 1.29 is 0 Å². The Morgan fingerprint density at radius 3 is 2.55 bits per heavy atom. The van der Waals surface area contributed by atoms with E-state index in [2.05, 4.69) is 21.4 Å². The van der Waals surface area contributed by atoms with Crippen molar-refractivity contribution in [1.82, 2.24) is 9.97 Å². The molecule has 0 spiro atoms. The van der Waals surface area contributed by atoms with E-state index in [4.69, 9.17) is 11.0 Å². The van der Waals surface area contributed by atoms with Crippen molar-refractivity contribution in [1.29, 1.82) is 5.26 Å². The summed E-state index contributed by atoms with van der Waals surface area (Å²) in [5.74, 6) is 2.55. The van der Waals surface area contributed by atoms with Crippen molar-refractivity contribution in [2.75, 3.05) is 11.1 Å². The summed E-state index contributed by atoms with van der Waals surface area (Å²) in [7, 11) is 0. The lowest BCUT2D eigenvalue weighted by atomic mass is 10.2. The molecule has 1 aromatic carbocycles. The Labute approximate surface area is 117 Å². The number of nitrogen functional groups attached to an aromatic ring is 1. The maximum absolute atomic E-state index is 8.80. The first-order chi connectivity index (χ1) is 9.67. The molecular formula is C15H15N5. The predicted octanol–water partition coefficient (Wildman–Crippen LogP) is 2.86. The molecule has 0 bridgehead atoms. The first-order valence-electron chi connectivity index (χ1n) is 6.58. The molecule has 1 fully saturated rings. The number of benzene rings is 1. The summed E-state index contributed by atoms with van der Waals surface area (Å²) in [6.45, 7) is 1.90. The van der Waals surface area contributed by atoms with Gasteiger partial charge in [0.2, 0.25) is 0 Å². The van der Waals surface area contributed by atoms with Crippen LogP contribution in [-0.4, -0.2) is 9.97 Å². The van der Waals surface area contributed by atoms with Crippen LogP contribution in [0.4, 0.5) is 17.3 Å². The van der Waals surface area contributed by atoms with Crippen LogP contribution >= 0.6 is 0 Å². The van der Waals surface area contributed by atoms with E-state index in [9.17, 15) is 0 Å². The number of hydrogen-bond donors (Lipinski definition) is 2. The summed E-state index contributed by atoms with van der Waals surface area (Å²) < 4.78 is 0. The number of nitrogens with zero attached hydrogens (tertiary/aromatic N) is 3. The second kappa shape index (κ2) is 4.82. The molecule has 0 saturated heterocycles. The van der Waals surface area contributed by atoms with E-state index in [-0.39, 0.29) is 0 Å². The molecule has 0 aliphatic heterocycles. The normalized spacial score (nSPS) is 13.8. The lowest BCUT2D eigenvalue weighted by Gasteiger charge is -2.11. The average Bonchev–Trinajstić information content (AvgIpc) is 3.29. The van der Waals surface area contributed by atoms with Crippen LogP contribution in [0.1, 0.15) is 35.7 Å². The second-order valence-electron chi connectivity index (χ2n) is 5.03. The van der Waals surface area contributed by atoms with Crippen LogP contribution in [0.2, 0.25) is 0 Å². The maximum atomic E-state index is 8.80. The molecule has 2 aromatic rings. The lowest BCUT2D eigenvalue weighted by molar-refractivity contribution is 0.928. The quantitative estimate of drug-likeness (QED) is 0.890. The Bertz CT molecular complexity index is 681. The number of hydrogen-bond acceptors (Lipinski definition) is 5. The molecule has 0 radical (unpaired) electrons. The molecule has 1 aliphatic carbocycles. The Hall–Kier alpha value is -2.61. The summed E-state index contributed by atoms with van der Waals surface area (Å²) in [6, 6.07) is 9.34. The third-order valence-electron chi connectivity index (χ3n) is 3.42. The van der Waals surface area contributed by atoms with E-state index in [1.54, 1.807) is 12.1 Å². The van der Waals surface area contributed by atoms with Crippen LogP contribution in [0, 0.1) is 18.3 Å². The Kier molecular flexibility index (Phi) is 2.99. The minimum Gasteiger partial charge on any atom is -0.383 e. The Balaban J connectivity index is 1.90. The third kappa shape index (κ3) is 2.41. The van der Waals surface area contributed by atoms with Gasteiger partial charge in [0.25, 0.3) is 0 Å². The lowest BCUT2D eigenvalue weighted by Crippen LogP contribution is -2.06. The van der Waals surface area contributed by atoms with Crippen LogP contribution in [0.3, 0.4) is 0 Å². The standard InChI is InChI=1S/C15H15N5/c1-9-13(17)19-15(11-4-5-11)20-14(9)18-12-6-2-10(8-16)3-7-12/h2-3,6-7,11H,4-5H2,1H3,(H3,17,18,19,20). The van der Waals surface area contributed by atoms with E-state index >= 15 is 0 Å². The fourth-order valence-electron chi connectivity index (χ4n) is 1.96. The molecule has 0 unspecified atom stereocenters. The van der Waals surface area contributed by atoms with Gasteiger partial charge in [0, 0.05) is 17.2 Å². The smallest absolute Gasteiger partial charge is 0.139 e. The van der Waals surface area contributed by atoms with Gasteiger partial charge in [-0.3, -0.25) is 0 Å². The van der Waals surface area contributed by atoms with Gasteiger partial charge in [-0.15, -0.1) is 0 Å². The fraction of sp³-hybridized carbons (Fsp3) is 0.267. The van der Waals surface area contributed by atoms with Crippen LogP contribution in [0.5, 0.6) is 0 Å². The zero-order chi connectivity index (χ0) is 14.1. The fourth-order valence-corrected chi connectivity index (χ4v) is 1.96. The number of rotatable bonds is 3. The van der Waals surface area contributed by atoms with Gasteiger partial charge in [0.1, 0.15) is 17.5 Å². The molecule has 0 amide bonds. The van der Waals surface area contributed by atoms with Crippen molar-refractivity contribution in [3.8, 4) is 6.07 Å². The molecule has 3 N–H and O–H groups in total. The molecule has 5 heteroatoms. The Morgan fingerprint density at radius 2 is 1.95 bits per heavy atom. The van der Waals surface area contributed by atoms with Gasteiger partial charge in [-0.1, -0.05) is 0 Å². The van der Waals surface area contributed by atoms with E-state index in [1.807, 2.05) is 19.1 Å².